The van der Waals surface area contributed by atoms with Crippen LogP contribution >= 0.6 is 0 Å². The smallest absolute Gasteiger partial charge is 0.217 e. The first-order chi connectivity index (χ1) is 15.4. The Labute approximate surface area is 187 Å². The van der Waals surface area contributed by atoms with E-state index in [1.165, 1.54) is 6.92 Å². The summed E-state index contributed by atoms with van der Waals surface area (Å²) in [5.74, 6) is 1.36. The van der Waals surface area contributed by atoms with Crippen molar-refractivity contribution < 1.29 is 24.1 Å². The fraction of sp³-hybridized carbons (Fsp3) is 0.417. The molecule has 0 spiro atoms. The molecule has 1 aliphatic rings. The van der Waals surface area contributed by atoms with Crippen molar-refractivity contribution in [2.45, 2.75) is 32.2 Å². The van der Waals surface area contributed by atoms with Gasteiger partial charge in [-0.05, 0) is 54.2 Å². The standard InChI is InChI=1S/C24H30N2O6/c1-14(28)26-18-8-6-15-12-21(30-2)23(31-3)24(32-4)22(15)16-7-9-19(25-10-5-11-27)20(29)13-17(16)18/h7,9,12-13,18,27H,5-6,8,10-11H2,1-4H3,(H,25,29)(H,26,28)/t18-/m1/s1. The van der Waals surface area contributed by atoms with E-state index in [-0.39, 0.29) is 24.0 Å². The minimum absolute atomic E-state index is 0.0352. The number of anilines is 1. The molecule has 2 aromatic carbocycles. The van der Waals surface area contributed by atoms with E-state index in [1.807, 2.05) is 12.1 Å². The first-order valence-electron chi connectivity index (χ1n) is 10.6. The Hall–Kier alpha value is -3.26. The summed E-state index contributed by atoms with van der Waals surface area (Å²) in [5.41, 5.74) is 3.51. The molecule has 1 aliphatic carbocycles. The fourth-order valence-electron chi connectivity index (χ4n) is 4.16. The number of carbonyl (C=O) groups is 1. The zero-order valence-electron chi connectivity index (χ0n) is 18.9. The number of hydrogen-bond acceptors (Lipinski definition) is 7. The molecule has 1 amide bonds. The van der Waals surface area contributed by atoms with Crippen LogP contribution in [0.1, 0.15) is 36.9 Å². The predicted molar refractivity (Wildman–Crippen MR) is 123 cm³/mol. The van der Waals surface area contributed by atoms with Gasteiger partial charge in [-0.15, -0.1) is 0 Å². The van der Waals surface area contributed by atoms with Crippen LogP contribution in [0.2, 0.25) is 0 Å². The highest BCUT2D eigenvalue weighted by Crippen LogP contribution is 2.50. The summed E-state index contributed by atoms with van der Waals surface area (Å²) in [4.78, 5) is 25.0. The summed E-state index contributed by atoms with van der Waals surface area (Å²) in [5, 5.41) is 15.1. The number of fused-ring (bicyclic) bond motifs is 3. The van der Waals surface area contributed by atoms with Crippen LogP contribution < -0.4 is 30.3 Å². The molecule has 1 atom stereocenters. The maximum absolute atomic E-state index is 13.0. The van der Waals surface area contributed by atoms with Crippen molar-refractivity contribution in [2.75, 3.05) is 39.8 Å². The number of nitrogens with one attached hydrogen (secondary N) is 2. The van der Waals surface area contributed by atoms with Crippen LogP contribution in [-0.4, -0.2) is 45.5 Å². The molecule has 0 saturated carbocycles. The van der Waals surface area contributed by atoms with Gasteiger partial charge in [-0.1, -0.05) is 6.07 Å². The molecular weight excluding hydrogens is 412 g/mol. The number of aryl methyl sites for hydroxylation is 1. The Kier molecular flexibility index (Phi) is 7.58. The average Bonchev–Trinajstić information content (AvgIpc) is 3.02. The Morgan fingerprint density at radius 1 is 1.12 bits per heavy atom. The molecule has 0 aromatic heterocycles. The Morgan fingerprint density at radius 3 is 2.50 bits per heavy atom. The normalized spacial score (nSPS) is 14.5. The van der Waals surface area contributed by atoms with Crippen LogP contribution in [0.5, 0.6) is 17.2 Å². The van der Waals surface area contributed by atoms with Gasteiger partial charge in [0.05, 0.1) is 33.1 Å². The Morgan fingerprint density at radius 2 is 1.88 bits per heavy atom. The van der Waals surface area contributed by atoms with Gasteiger partial charge in [-0.3, -0.25) is 9.59 Å². The van der Waals surface area contributed by atoms with Gasteiger partial charge in [0.25, 0.3) is 0 Å². The van der Waals surface area contributed by atoms with E-state index in [0.717, 1.165) is 16.7 Å². The summed E-state index contributed by atoms with van der Waals surface area (Å²) < 4.78 is 16.9. The first kappa shape index (κ1) is 23.4. The Bertz CT molecular complexity index is 1050. The number of ether oxygens (including phenoxy) is 3. The van der Waals surface area contributed by atoms with Crippen molar-refractivity contribution in [2.24, 2.45) is 0 Å². The minimum atomic E-state index is -0.345. The quantitative estimate of drug-likeness (QED) is 0.540. The SMILES string of the molecule is COc1cc2c(c(OC)c1OC)-c1ccc(NCCCO)c(=O)cc1[C@H](NC(C)=O)CC2. The molecule has 8 nitrogen and oxygen atoms in total. The molecule has 0 heterocycles. The summed E-state index contributed by atoms with van der Waals surface area (Å²) >= 11 is 0. The molecule has 172 valence electrons. The highest BCUT2D eigenvalue weighted by molar-refractivity contribution is 5.83. The lowest BCUT2D eigenvalue weighted by molar-refractivity contribution is -0.119. The third kappa shape index (κ3) is 4.65. The predicted octanol–water partition coefficient (Wildman–Crippen LogP) is 2.66. The fourth-order valence-corrected chi connectivity index (χ4v) is 4.16. The molecule has 3 N–H and O–H groups in total. The summed E-state index contributed by atoms with van der Waals surface area (Å²) in [6, 6.07) is 6.74. The van der Waals surface area contributed by atoms with E-state index in [9.17, 15) is 9.59 Å². The van der Waals surface area contributed by atoms with E-state index in [0.29, 0.717) is 54.3 Å². The van der Waals surface area contributed by atoms with E-state index in [2.05, 4.69) is 10.6 Å². The van der Waals surface area contributed by atoms with E-state index >= 15 is 0 Å². The van der Waals surface area contributed by atoms with Crippen LogP contribution in [0.3, 0.4) is 0 Å². The molecule has 0 fully saturated rings. The molecule has 2 aromatic rings. The maximum atomic E-state index is 13.0. The number of aliphatic hydroxyl groups excluding tert-OH is 1. The van der Waals surface area contributed by atoms with Gasteiger partial charge in [0.15, 0.2) is 11.5 Å². The van der Waals surface area contributed by atoms with Crippen LogP contribution in [0, 0.1) is 0 Å². The zero-order chi connectivity index (χ0) is 23.3. The second kappa shape index (κ2) is 10.4. The number of aliphatic hydroxyl groups is 1. The van der Waals surface area contributed by atoms with E-state index in [1.54, 1.807) is 33.5 Å². The lowest BCUT2D eigenvalue weighted by atomic mass is 9.95. The molecule has 0 radical (unpaired) electrons. The summed E-state index contributed by atoms with van der Waals surface area (Å²) in [6.07, 6.45) is 1.78. The van der Waals surface area contributed by atoms with Gasteiger partial charge in [-0.25, -0.2) is 0 Å². The highest BCUT2D eigenvalue weighted by Gasteiger charge is 2.29. The van der Waals surface area contributed by atoms with Crippen molar-refractivity contribution in [1.29, 1.82) is 0 Å². The van der Waals surface area contributed by atoms with Crippen molar-refractivity contribution in [3.05, 3.63) is 45.6 Å². The molecule has 0 aliphatic heterocycles. The van der Waals surface area contributed by atoms with Crippen molar-refractivity contribution in [3.8, 4) is 28.4 Å². The Balaban J connectivity index is 2.31. The second-order valence-electron chi connectivity index (χ2n) is 7.60. The number of amides is 1. The van der Waals surface area contributed by atoms with Gasteiger partial charge in [0, 0.05) is 25.6 Å². The molecule has 32 heavy (non-hydrogen) atoms. The zero-order valence-corrected chi connectivity index (χ0v) is 18.9. The van der Waals surface area contributed by atoms with Crippen molar-refractivity contribution in [3.63, 3.8) is 0 Å². The lowest BCUT2D eigenvalue weighted by Gasteiger charge is -2.19. The molecule has 0 saturated heterocycles. The van der Waals surface area contributed by atoms with E-state index in [4.69, 9.17) is 19.3 Å². The number of rotatable bonds is 8. The molecule has 3 rings (SSSR count). The van der Waals surface area contributed by atoms with Gasteiger partial charge in [-0.2, -0.15) is 0 Å². The molecule has 8 heteroatoms. The number of methoxy groups -OCH3 is 3. The largest absolute Gasteiger partial charge is 0.493 e. The van der Waals surface area contributed by atoms with Gasteiger partial charge in [0.2, 0.25) is 17.1 Å². The third-order valence-electron chi connectivity index (χ3n) is 5.57. The summed E-state index contributed by atoms with van der Waals surface area (Å²) in [6.45, 7) is 1.97. The van der Waals surface area contributed by atoms with Crippen molar-refractivity contribution in [1.82, 2.24) is 5.32 Å². The minimum Gasteiger partial charge on any atom is -0.493 e. The third-order valence-corrected chi connectivity index (χ3v) is 5.57. The van der Waals surface area contributed by atoms with E-state index < -0.39 is 0 Å². The molecule has 0 bridgehead atoms. The molecule has 0 unspecified atom stereocenters. The van der Waals surface area contributed by atoms with Gasteiger partial charge < -0.3 is 30.0 Å². The first-order valence-corrected chi connectivity index (χ1v) is 10.6. The van der Waals surface area contributed by atoms with Crippen LogP contribution in [-0.2, 0) is 11.2 Å². The van der Waals surface area contributed by atoms with Crippen molar-refractivity contribution >= 4 is 11.6 Å². The second-order valence-corrected chi connectivity index (χ2v) is 7.60. The topological polar surface area (TPSA) is 106 Å². The number of carbonyl (C=O) groups excluding carboxylic acids is 1. The highest BCUT2D eigenvalue weighted by atomic mass is 16.5. The van der Waals surface area contributed by atoms with Crippen LogP contribution in [0.25, 0.3) is 11.1 Å². The van der Waals surface area contributed by atoms with Crippen LogP contribution in [0.4, 0.5) is 5.69 Å². The summed E-state index contributed by atoms with van der Waals surface area (Å²) in [7, 11) is 4.69. The number of benzene rings is 1. The van der Waals surface area contributed by atoms with Crippen LogP contribution in [0.15, 0.2) is 29.1 Å². The molecular formula is C24H30N2O6. The number of hydrogen-bond donors (Lipinski definition) is 3. The van der Waals surface area contributed by atoms with Gasteiger partial charge in [0.1, 0.15) is 0 Å². The monoisotopic (exact) mass is 442 g/mol. The lowest BCUT2D eigenvalue weighted by Crippen LogP contribution is -2.26. The van der Waals surface area contributed by atoms with Gasteiger partial charge >= 0.3 is 0 Å². The maximum Gasteiger partial charge on any atom is 0.217 e. The average molecular weight is 443 g/mol.